The first-order valence-corrected chi connectivity index (χ1v) is 4.08. The average molecular weight is 241 g/mol. The lowest BCUT2D eigenvalue weighted by Crippen LogP contribution is -2.34. The summed E-state index contributed by atoms with van der Waals surface area (Å²) < 4.78 is 61.6. The van der Waals surface area contributed by atoms with Crippen molar-refractivity contribution in [3.63, 3.8) is 0 Å². The minimum atomic E-state index is -5.69. The molecule has 0 atom stereocenters. The van der Waals surface area contributed by atoms with Gasteiger partial charge in [-0.1, -0.05) is 0 Å². The fraction of sp³-hybridized carbons (Fsp3) is 0.375. The van der Waals surface area contributed by atoms with Crippen LogP contribution in [-0.4, -0.2) is 18.2 Å². The number of nitrogens with one attached hydrogen (secondary N) is 1. The third kappa shape index (κ3) is 2.00. The number of nitrogens with zero attached hydrogens (tertiary/aromatic N) is 1. The molecule has 0 radical (unpaired) electrons. The Kier molecular flexibility index (Phi) is 2.93. The Morgan fingerprint density at radius 3 is 2.19 bits per heavy atom. The van der Waals surface area contributed by atoms with Crippen LogP contribution in [0.1, 0.15) is 5.69 Å². The van der Waals surface area contributed by atoms with Gasteiger partial charge in [-0.15, -0.1) is 0 Å². The Bertz CT molecular complexity index is 388. The van der Waals surface area contributed by atoms with Crippen molar-refractivity contribution < 1.29 is 22.0 Å². The Balaban J connectivity index is 3.20. The minimum Gasteiger partial charge on any atom is -0.397 e. The molecule has 16 heavy (non-hydrogen) atoms. The zero-order valence-corrected chi connectivity index (χ0v) is 8.07. The van der Waals surface area contributed by atoms with Crippen LogP contribution in [0.5, 0.6) is 0 Å². The van der Waals surface area contributed by atoms with Crippen molar-refractivity contribution in [1.82, 2.24) is 4.98 Å². The predicted molar refractivity (Wildman–Crippen MR) is 48.1 cm³/mol. The highest BCUT2D eigenvalue weighted by Crippen LogP contribution is 2.43. The molecule has 0 bridgehead atoms. The van der Waals surface area contributed by atoms with Gasteiger partial charge in [0.25, 0.3) is 0 Å². The Morgan fingerprint density at radius 2 is 1.81 bits per heavy atom. The zero-order valence-electron chi connectivity index (χ0n) is 8.07. The number of aromatic nitrogens is 1. The van der Waals surface area contributed by atoms with E-state index in [9.17, 15) is 22.0 Å². The Labute approximate surface area is 87.5 Å². The zero-order chi connectivity index (χ0) is 12.6. The largest absolute Gasteiger partial charge is 0.459 e. The van der Waals surface area contributed by atoms with Crippen molar-refractivity contribution in [3.8, 4) is 0 Å². The van der Waals surface area contributed by atoms with Crippen molar-refractivity contribution in [2.45, 2.75) is 12.1 Å². The van der Waals surface area contributed by atoms with E-state index in [1.54, 1.807) is 0 Å². The summed E-state index contributed by atoms with van der Waals surface area (Å²) in [7, 11) is 1.44. The van der Waals surface area contributed by atoms with Gasteiger partial charge in [-0.3, -0.25) is 4.98 Å². The minimum absolute atomic E-state index is 0.182. The van der Waals surface area contributed by atoms with Crippen LogP contribution in [0.2, 0.25) is 0 Å². The number of halogens is 5. The van der Waals surface area contributed by atoms with Gasteiger partial charge in [0, 0.05) is 7.05 Å². The second kappa shape index (κ2) is 3.76. The van der Waals surface area contributed by atoms with Gasteiger partial charge < -0.3 is 11.1 Å². The highest BCUT2D eigenvalue weighted by molar-refractivity contribution is 5.65. The number of rotatable bonds is 2. The van der Waals surface area contributed by atoms with Gasteiger partial charge in [0.2, 0.25) is 0 Å². The maximum Gasteiger partial charge on any atom is 0.459 e. The van der Waals surface area contributed by atoms with E-state index < -0.39 is 17.8 Å². The molecule has 1 aromatic heterocycles. The second-order valence-corrected chi connectivity index (χ2v) is 2.98. The van der Waals surface area contributed by atoms with E-state index in [0.29, 0.717) is 6.07 Å². The molecule has 0 spiro atoms. The van der Waals surface area contributed by atoms with Gasteiger partial charge in [-0.05, 0) is 6.07 Å². The first-order valence-electron chi connectivity index (χ1n) is 4.08. The summed E-state index contributed by atoms with van der Waals surface area (Å²) in [6.45, 7) is 0. The van der Waals surface area contributed by atoms with Crippen molar-refractivity contribution in [3.05, 3.63) is 18.0 Å². The smallest absolute Gasteiger partial charge is 0.397 e. The molecule has 3 N–H and O–H groups in total. The molecule has 1 aromatic rings. The normalized spacial score (nSPS) is 12.6. The third-order valence-corrected chi connectivity index (χ3v) is 1.88. The second-order valence-electron chi connectivity index (χ2n) is 2.98. The number of alkyl halides is 5. The van der Waals surface area contributed by atoms with Gasteiger partial charge in [0.05, 0.1) is 17.6 Å². The molecule has 0 fully saturated rings. The van der Waals surface area contributed by atoms with Crippen molar-refractivity contribution in [2.75, 3.05) is 18.1 Å². The lowest BCUT2D eigenvalue weighted by atomic mass is 10.2. The van der Waals surface area contributed by atoms with Gasteiger partial charge in [0.15, 0.2) is 0 Å². The summed E-state index contributed by atoms with van der Waals surface area (Å²) in [5.74, 6) is -5.01. The number of nitrogen functional groups attached to an aromatic ring is 1. The molecule has 0 aliphatic rings. The molecule has 0 aliphatic heterocycles. The quantitative estimate of drug-likeness (QED) is 0.781. The topological polar surface area (TPSA) is 50.9 Å². The first-order chi connectivity index (χ1) is 7.20. The molecule has 1 rings (SSSR count). The Morgan fingerprint density at radius 1 is 1.25 bits per heavy atom. The molecule has 0 amide bonds. The maximum atomic E-state index is 12.8. The highest BCUT2D eigenvalue weighted by atomic mass is 19.4. The standard InChI is InChI=1S/C8H8F5N3/c1-15-5-3-16-6(2-4(5)14)7(9,10)8(11,12)13/h2-3,15H,1H3,(H2,14,16). The summed E-state index contributed by atoms with van der Waals surface area (Å²) in [4.78, 5) is 3.04. The number of hydrogen-bond acceptors (Lipinski definition) is 3. The van der Waals surface area contributed by atoms with Gasteiger partial charge in [-0.25, -0.2) is 0 Å². The molecular formula is C8H8F5N3. The van der Waals surface area contributed by atoms with Crippen LogP contribution in [0.15, 0.2) is 12.3 Å². The number of pyridine rings is 1. The molecule has 90 valence electrons. The van der Waals surface area contributed by atoms with E-state index in [0.717, 1.165) is 6.20 Å². The van der Waals surface area contributed by atoms with Crippen LogP contribution in [0.25, 0.3) is 0 Å². The molecule has 0 aliphatic carbocycles. The lowest BCUT2D eigenvalue weighted by Gasteiger charge is -2.19. The predicted octanol–water partition coefficient (Wildman–Crippen LogP) is 2.36. The van der Waals surface area contributed by atoms with E-state index in [1.165, 1.54) is 7.05 Å². The van der Waals surface area contributed by atoms with Gasteiger partial charge >= 0.3 is 12.1 Å². The summed E-state index contributed by atoms with van der Waals surface area (Å²) >= 11 is 0. The van der Waals surface area contributed by atoms with Crippen molar-refractivity contribution >= 4 is 11.4 Å². The molecule has 0 saturated carbocycles. The molecule has 0 unspecified atom stereocenters. The fourth-order valence-corrected chi connectivity index (χ4v) is 0.997. The summed E-state index contributed by atoms with van der Waals surface area (Å²) in [5, 5.41) is 2.50. The van der Waals surface area contributed by atoms with Crippen LogP contribution >= 0.6 is 0 Å². The highest BCUT2D eigenvalue weighted by Gasteiger charge is 2.59. The maximum absolute atomic E-state index is 12.8. The average Bonchev–Trinajstić information content (AvgIpc) is 2.15. The SMILES string of the molecule is CNc1cnc(C(F)(F)C(F)(F)F)cc1N. The monoisotopic (exact) mass is 241 g/mol. The van der Waals surface area contributed by atoms with Crippen molar-refractivity contribution in [1.29, 1.82) is 0 Å². The molecule has 0 saturated heterocycles. The van der Waals surface area contributed by atoms with Gasteiger partial charge in [-0.2, -0.15) is 22.0 Å². The van der Waals surface area contributed by atoms with E-state index in [4.69, 9.17) is 5.73 Å². The van der Waals surface area contributed by atoms with Crippen LogP contribution in [0.3, 0.4) is 0 Å². The molecule has 8 heteroatoms. The molecule has 1 heterocycles. The number of hydrogen-bond donors (Lipinski definition) is 2. The summed E-state index contributed by atoms with van der Waals surface area (Å²) in [5.41, 5.74) is 3.81. The van der Waals surface area contributed by atoms with Crippen molar-refractivity contribution in [2.24, 2.45) is 0 Å². The first kappa shape index (κ1) is 12.5. The molecule has 3 nitrogen and oxygen atoms in total. The molecular weight excluding hydrogens is 233 g/mol. The lowest BCUT2D eigenvalue weighted by molar-refractivity contribution is -0.290. The summed E-state index contributed by atoms with van der Waals surface area (Å²) in [6, 6.07) is 0.499. The van der Waals surface area contributed by atoms with Gasteiger partial charge in [0.1, 0.15) is 5.69 Å². The Hall–Kier alpha value is -1.60. The van der Waals surface area contributed by atoms with Crippen LogP contribution in [-0.2, 0) is 5.92 Å². The third-order valence-electron chi connectivity index (χ3n) is 1.88. The number of anilines is 2. The van der Waals surface area contributed by atoms with E-state index in [-0.39, 0.29) is 11.4 Å². The van der Waals surface area contributed by atoms with Crippen LogP contribution in [0.4, 0.5) is 33.3 Å². The fourth-order valence-electron chi connectivity index (χ4n) is 0.997. The molecule has 0 aromatic carbocycles. The van der Waals surface area contributed by atoms with E-state index in [2.05, 4.69) is 10.3 Å². The number of nitrogens with two attached hydrogens (primary N) is 1. The van der Waals surface area contributed by atoms with E-state index >= 15 is 0 Å². The van der Waals surface area contributed by atoms with Crippen LogP contribution < -0.4 is 11.1 Å². The summed E-state index contributed by atoms with van der Waals surface area (Å²) in [6.07, 6.45) is -4.86. The van der Waals surface area contributed by atoms with E-state index in [1.807, 2.05) is 0 Å². The van der Waals surface area contributed by atoms with Crippen LogP contribution in [0, 0.1) is 0 Å².